The van der Waals surface area contributed by atoms with Gasteiger partial charge < -0.3 is 9.84 Å². The first-order valence-electron chi connectivity index (χ1n) is 7.56. The molecule has 0 saturated carbocycles. The third-order valence-electron chi connectivity index (χ3n) is 3.58. The van der Waals surface area contributed by atoms with Gasteiger partial charge in [-0.25, -0.2) is 0 Å². The Labute approximate surface area is 144 Å². The molecule has 5 nitrogen and oxygen atoms in total. The first-order chi connectivity index (χ1) is 11.6. The van der Waals surface area contributed by atoms with Crippen LogP contribution in [0.2, 0.25) is 5.02 Å². The van der Waals surface area contributed by atoms with E-state index in [1.165, 1.54) is 0 Å². The van der Waals surface area contributed by atoms with Crippen LogP contribution in [0.15, 0.2) is 53.1 Å². The van der Waals surface area contributed by atoms with Gasteiger partial charge in [0.1, 0.15) is 0 Å². The minimum Gasteiger partial charge on any atom is -0.352 e. The van der Waals surface area contributed by atoms with E-state index in [2.05, 4.69) is 15.5 Å². The average Bonchev–Trinajstić information content (AvgIpc) is 3.04. The lowest BCUT2D eigenvalue weighted by Gasteiger charge is -2.03. The van der Waals surface area contributed by atoms with E-state index in [0.29, 0.717) is 35.3 Å². The number of benzene rings is 2. The molecule has 0 bridgehead atoms. The van der Waals surface area contributed by atoms with Gasteiger partial charge in [-0.15, -0.1) is 0 Å². The predicted molar refractivity (Wildman–Crippen MR) is 92.0 cm³/mol. The van der Waals surface area contributed by atoms with Crippen LogP contribution in [-0.2, 0) is 6.42 Å². The Hall–Kier alpha value is -2.66. The second-order valence-corrected chi connectivity index (χ2v) is 5.78. The largest absolute Gasteiger partial charge is 0.352 e. The van der Waals surface area contributed by atoms with Gasteiger partial charge in [-0.2, -0.15) is 4.98 Å². The summed E-state index contributed by atoms with van der Waals surface area (Å²) in [6, 6.07) is 14.6. The molecular weight excluding hydrogens is 326 g/mol. The quantitative estimate of drug-likeness (QED) is 0.768. The van der Waals surface area contributed by atoms with Crippen LogP contribution < -0.4 is 5.32 Å². The number of nitrogens with one attached hydrogen (secondary N) is 1. The zero-order valence-corrected chi connectivity index (χ0v) is 13.9. The molecule has 2 aromatic carbocycles. The molecular formula is C18H16ClN3O2. The van der Waals surface area contributed by atoms with E-state index in [1.807, 2.05) is 31.2 Å². The second-order valence-electron chi connectivity index (χ2n) is 5.34. The molecule has 0 unspecified atom stereocenters. The van der Waals surface area contributed by atoms with Crippen molar-refractivity contribution in [3.05, 3.63) is 70.6 Å². The van der Waals surface area contributed by atoms with Crippen molar-refractivity contribution in [2.24, 2.45) is 0 Å². The molecule has 0 atom stereocenters. The number of carbonyl (C=O) groups is 1. The average molecular weight is 342 g/mol. The van der Waals surface area contributed by atoms with Crippen LogP contribution in [0.5, 0.6) is 0 Å². The SMILES string of the molecule is Cc1ccccc1-c1noc(CCNC(=O)c2ccc(Cl)cc2)n1. The lowest BCUT2D eigenvalue weighted by molar-refractivity contribution is 0.0953. The van der Waals surface area contributed by atoms with E-state index >= 15 is 0 Å². The van der Waals surface area contributed by atoms with Gasteiger partial charge >= 0.3 is 0 Å². The fraction of sp³-hybridized carbons (Fsp3) is 0.167. The Morgan fingerprint density at radius 1 is 1.17 bits per heavy atom. The van der Waals surface area contributed by atoms with E-state index in [9.17, 15) is 4.79 Å². The normalized spacial score (nSPS) is 10.6. The summed E-state index contributed by atoms with van der Waals surface area (Å²) >= 11 is 5.81. The number of amides is 1. The molecule has 3 rings (SSSR count). The predicted octanol–water partition coefficient (Wildman–Crippen LogP) is 3.67. The maximum absolute atomic E-state index is 12.0. The zero-order valence-electron chi connectivity index (χ0n) is 13.1. The lowest BCUT2D eigenvalue weighted by Crippen LogP contribution is -2.25. The Balaban J connectivity index is 1.57. The summed E-state index contributed by atoms with van der Waals surface area (Å²) in [5.41, 5.74) is 2.59. The minimum atomic E-state index is -0.162. The number of aromatic nitrogens is 2. The van der Waals surface area contributed by atoms with Crippen LogP contribution in [0.1, 0.15) is 21.8 Å². The number of carbonyl (C=O) groups excluding carboxylic acids is 1. The molecule has 1 aromatic heterocycles. The Morgan fingerprint density at radius 2 is 1.92 bits per heavy atom. The van der Waals surface area contributed by atoms with Gasteiger partial charge in [0.05, 0.1) is 0 Å². The standard InChI is InChI=1S/C18H16ClN3O2/c1-12-4-2-3-5-15(12)17-21-16(24-22-17)10-11-20-18(23)13-6-8-14(19)9-7-13/h2-9H,10-11H2,1H3,(H,20,23). The smallest absolute Gasteiger partial charge is 0.251 e. The van der Waals surface area contributed by atoms with Gasteiger partial charge in [0.2, 0.25) is 11.7 Å². The molecule has 0 radical (unpaired) electrons. The number of rotatable bonds is 5. The number of aryl methyl sites for hydroxylation is 1. The summed E-state index contributed by atoms with van der Waals surface area (Å²) in [6.07, 6.45) is 0.470. The van der Waals surface area contributed by atoms with Crippen molar-refractivity contribution in [2.45, 2.75) is 13.3 Å². The zero-order chi connectivity index (χ0) is 16.9. The van der Waals surface area contributed by atoms with E-state index in [1.54, 1.807) is 24.3 Å². The molecule has 0 fully saturated rings. The number of hydrogen-bond acceptors (Lipinski definition) is 4. The van der Waals surface area contributed by atoms with Crippen LogP contribution in [0.3, 0.4) is 0 Å². The maximum Gasteiger partial charge on any atom is 0.251 e. The highest BCUT2D eigenvalue weighted by Gasteiger charge is 2.11. The van der Waals surface area contributed by atoms with Crippen LogP contribution in [0.25, 0.3) is 11.4 Å². The van der Waals surface area contributed by atoms with Crippen molar-refractivity contribution in [1.82, 2.24) is 15.5 Å². The summed E-state index contributed by atoms with van der Waals surface area (Å²) in [7, 11) is 0. The van der Waals surface area contributed by atoms with Crippen molar-refractivity contribution in [3.8, 4) is 11.4 Å². The molecule has 24 heavy (non-hydrogen) atoms. The van der Waals surface area contributed by atoms with Gasteiger partial charge in [-0.05, 0) is 36.8 Å². The van der Waals surface area contributed by atoms with Gasteiger partial charge in [-0.1, -0.05) is 41.0 Å². The Morgan fingerprint density at radius 3 is 2.67 bits per heavy atom. The molecule has 0 aliphatic heterocycles. The first-order valence-corrected chi connectivity index (χ1v) is 7.93. The fourth-order valence-electron chi connectivity index (χ4n) is 2.28. The minimum absolute atomic E-state index is 0.162. The van der Waals surface area contributed by atoms with E-state index in [-0.39, 0.29) is 5.91 Å². The third-order valence-corrected chi connectivity index (χ3v) is 3.84. The number of nitrogens with zero attached hydrogens (tertiary/aromatic N) is 2. The summed E-state index contributed by atoms with van der Waals surface area (Å²) in [5, 5.41) is 7.42. The van der Waals surface area contributed by atoms with Gasteiger partial charge in [0.25, 0.3) is 5.91 Å². The van der Waals surface area contributed by atoms with E-state index < -0.39 is 0 Å². The molecule has 0 aliphatic carbocycles. The van der Waals surface area contributed by atoms with Gasteiger partial charge in [0, 0.05) is 29.1 Å². The molecule has 122 valence electrons. The second kappa shape index (κ2) is 7.27. The molecule has 0 spiro atoms. The molecule has 0 saturated heterocycles. The Kier molecular flexibility index (Phi) is 4.91. The summed E-state index contributed by atoms with van der Waals surface area (Å²) in [5.74, 6) is 0.891. The van der Waals surface area contributed by atoms with E-state index in [0.717, 1.165) is 11.1 Å². The van der Waals surface area contributed by atoms with Crippen molar-refractivity contribution in [2.75, 3.05) is 6.54 Å². The fourth-order valence-corrected chi connectivity index (χ4v) is 2.40. The van der Waals surface area contributed by atoms with Crippen LogP contribution in [0, 0.1) is 6.92 Å². The molecule has 3 aromatic rings. The number of hydrogen-bond donors (Lipinski definition) is 1. The van der Waals surface area contributed by atoms with Gasteiger partial charge in [-0.3, -0.25) is 4.79 Å². The van der Waals surface area contributed by atoms with Crippen LogP contribution in [0.4, 0.5) is 0 Å². The van der Waals surface area contributed by atoms with Gasteiger partial charge in [0.15, 0.2) is 0 Å². The monoisotopic (exact) mass is 341 g/mol. The molecule has 6 heteroatoms. The first kappa shape index (κ1) is 16.2. The molecule has 1 heterocycles. The highest BCUT2D eigenvalue weighted by Crippen LogP contribution is 2.19. The number of halogens is 1. The van der Waals surface area contributed by atoms with Crippen LogP contribution >= 0.6 is 11.6 Å². The van der Waals surface area contributed by atoms with Crippen molar-refractivity contribution in [3.63, 3.8) is 0 Å². The maximum atomic E-state index is 12.0. The van der Waals surface area contributed by atoms with Crippen LogP contribution in [-0.4, -0.2) is 22.6 Å². The third kappa shape index (κ3) is 3.81. The highest BCUT2D eigenvalue weighted by atomic mass is 35.5. The molecule has 1 N–H and O–H groups in total. The van der Waals surface area contributed by atoms with Crippen molar-refractivity contribution in [1.29, 1.82) is 0 Å². The summed E-state index contributed by atoms with van der Waals surface area (Å²) in [6.45, 7) is 2.41. The van der Waals surface area contributed by atoms with Crippen molar-refractivity contribution < 1.29 is 9.32 Å². The summed E-state index contributed by atoms with van der Waals surface area (Å²) < 4.78 is 5.25. The molecule has 1 amide bonds. The highest BCUT2D eigenvalue weighted by molar-refractivity contribution is 6.30. The molecule has 0 aliphatic rings. The summed E-state index contributed by atoms with van der Waals surface area (Å²) in [4.78, 5) is 16.4. The lowest BCUT2D eigenvalue weighted by atomic mass is 10.1. The van der Waals surface area contributed by atoms with Crippen molar-refractivity contribution >= 4 is 17.5 Å². The Bertz CT molecular complexity index is 843. The topological polar surface area (TPSA) is 68.0 Å². The van der Waals surface area contributed by atoms with E-state index in [4.69, 9.17) is 16.1 Å².